The van der Waals surface area contributed by atoms with Crippen molar-refractivity contribution in [1.29, 1.82) is 0 Å². The molecule has 31 heavy (non-hydrogen) atoms. The second-order valence-corrected chi connectivity index (χ2v) is 11.0. The molecule has 0 atom stereocenters. The molecule has 0 spiro atoms. The Morgan fingerprint density at radius 1 is 1.00 bits per heavy atom. The van der Waals surface area contributed by atoms with Crippen molar-refractivity contribution < 1.29 is 14.3 Å². The lowest BCUT2D eigenvalue weighted by Gasteiger charge is -2.37. The summed E-state index contributed by atoms with van der Waals surface area (Å²) < 4.78 is 5.13. The summed E-state index contributed by atoms with van der Waals surface area (Å²) >= 11 is 3.50. The molecule has 2 fully saturated rings. The van der Waals surface area contributed by atoms with E-state index in [1.807, 2.05) is 53.1 Å². The fourth-order valence-corrected chi connectivity index (χ4v) is 6.96. The molecule has 4 rings (SSSR count). The van der Waals surface area contributed by atoms with Gasteiger partial charge in [-0.2, -0.15) is 11.8 Å². The number of methoxy groups -OCH3 is 1. The molecule has 1 amide bonds. The molecule has 4 nitrogen and oxygen atoms in total. The number of anilines is 1. The molecule has 0 radical (unpaired) electrons. The number of carbonyl (C=O) groups excluding carboxylic acids is 2. The van der Waals surface area contributed by atoms with Gasteiger partial charge in [0.2, 0.25) is 5.91 Å². The lowest BCUT2D eigenvalue weighted by atomic mass is 9.82. The third-order valence-electron chi connectivity index (χ3n) is 6.55. The largest absolute Gasteiger partial charge is 0.465 e. The number of amides is 1. The number of ether oxygens (including phenoxy) is 1. The third kappa shape index (κ3) is 5.01. The smallest absolute Gasteiger partial charge is 0.340 e. The Hall–Kier alpha value is -1.79. The standard InChI is InChI=1S/C25H31NO3S2/c1-17-8-10-19(11-9-17)23(27)26(20-12-14-30-15-13-20)24-21(25(28)29-2)16-22(31-24)18-6-4-3-5-7-18/h3-7,16-17,19-20H,8-15H2,1-2H3. The molecule has 6 heteroatoms. The van der Waals surface area contributed by atoms with Gasteiger partial charge in [-0.1, -0.05) is 37.3 Å². The Bertz CT molecular complexity index is 897. The number of benzene rings is 1. The molecule has 1 aliphatic carbocycles. The minimum atomic E-state index is -0.367. The van der Waals surface area contributed by atoms with Crippen molar-refractivity contribution in [3.05, 3.63) is 42.0 Å². The van der Waals surface area contributed by atoms with Gasteiger partial charge in [0.1, 0.15) is 5.00 Å². The molecular formula is C25H31NO3S2. The maximum atomic E-state index is 13.9. The molecule has 1 saturated heterocycles. The SMILES string of the molecule is COC(=O)c1cc(-c2ccccc2)sc1N(C(=O)C1CCC(C)CC1)C1CCSCC1. The van der Waals surface area contributed by atoms with Crippen LogP contribution in [0.3, 0.4) is 0 Å². The third-order valence-corrected chi connectivity index (χ3v) is 8.79. The summed E-state index contributed by atoms with van der Waals surface area (Å²) in [5, 5.41) is 0.770. The summed E-state index contributed by atoms with van der Waals surface area (Å²) in [5.74, 6) is 2.70. The van der Waals surface area contributed by atoms with Gasteiger partial charge in [-0.15, -0.1) is 11.3 Å². The van der Waals surface area contributed by atoms with Crippen molar-refractivity contribution in [3.8, 4) is 10.4 Å². The molecule has 2 aromatic rings. The van der Waals surface area contributed by atoms with Gasteiger partial charge in [-0.05, 0) is 67.6 Å². The highest BCUT2D eigenvalue weighted by Crippen LogP contribution is 2.42. The van der Waals surface area contributed by atoms with Gasteiger partial charge in [0.05, 0.1) is 12.7 Å². The first-order chi connectivity index (χ1) is 15.1. The first-order valence-corrected chi connectivity index (χ1v) is 13.2. The Kier molecular flexibility index (Phi) is 7.39. The Labute approximate surface area is 193 Å². The number of esters is 1. The van der Waals surface area contributed by atoms with E-state index in [0.717, 1.165) is 65.5 Å². The maximum absolute atomic E-state index is 13.9. The van der Waals surface area contributed by atoms with Crippen LogP contribution in [0.25, 0.3) is 10.4 Å². The van der Waals surface area contributed by atoms with Crippen molar-refractivity contribution in [2.45, 2.75) is 51.5 Å². The number of thiophene rings is 1. The monoisotopic (exact) mass is 457 g/mol. The van der Waals surface area contributed by atoms with E-state index in [1.54, 1.807) is 11.3 Å². The van der Waals surface area contributed by atoms with Crippen LogP contribution in [-0.2, 0) is 9.53 Å². The molecule has 0 unspecified atom stereocenters. The molecule has 1 aliphatic heterocycles. The second kappa shape index (κ2) is 10.2. The van der Waals surface area contributed by atoms with E-state index in [1.165, 1.54) is 7.11 Å². The predicted molar refractivity (Wildman–Crippen MR) is 130 cm³/mol. The van der Waals surface area contributed by atoms with Crippen LogP contribution in [0.1, 0.15) is 55.8 Å². The van der Waals surface area contributed by atoms with E-state index in [0.29, 0.717) is 11.5 Å². The number of hydrogen-bond donors (Lipinski definition) is 0. The lowest BCUT2D eigenvalue weighted by molar-refractivity contribution is -0.124. The Morgan fingerprint density at radius 2 is 1.68 bits per heavy atom. The van der Waals surface area contributed by atoms with Gasteiger partial charge >= 0.3 is 5.97 Å². The van der Waals surface area contributed by atoms with E-state index in [-0.39, 0.29) is 23.8 Å². The van der Waals surface area contributed by atoms with Crippen LogP contribution in [0, 0.1) is 11.8 Å². The van der Waals surface area contributed by atoms with E-state index in [2.05, 4.69) is 6.92 Å². The molecule has 1 saturated carbocycles. The van der Waals surface area contributed by atoms with Gasteiger partial charge in [0.15, 0.2) is 0 Å². The topological polar surface area (TPSA) is 46.6 Å². The Balaban J connectivity index is 1.75. The predicted octanol–water partition coefficient (Wildman–Crippen LogP) is 6.26. The lowest BCUT2D eigenvalue weighted by Crippen LogP contribution is -2.46. The minimum Gasteiger partial charge on any atom is -0.465 e. The van der Waals surface area contributed by atoms with Crippen molar-refractivity contribution in [1.82, 2.24) is 0 Å². The number of hydrogen-bond acceptors (Lipinski definition) is 5. The van der Waals surface area contributed by atoms with Crippen LogP contribution in [-0.4, -0.2) is 36.5 Å². The summed E-state index contributed by atoms with van der Waals surface area (Å²) in [5.41, 5.74) is 1.57. The van der Waals surface area contributed by atoms with Crippen LogP contribution in [0.15, 0.2) is 36.4 Å². The zero-order valence-corrected chi connectivity index (χ0v) is 20.0. The first-order valence-electron chi connectivity index (χ1n) is 11.3. The molecule has 2 aliphatic rings. The number of rotatable bonds is 5. The van der Waals surface area contributed by atoms with E-state index in [4.69, 9.17) is 4.74 Å². The van der Waals surface area contributed by atoms with E-state index >= 15 is 0 Å². The van der Waals surface area contributed by atoms with E-state index < -0.39 is 0 Å². The Morgan fingerprint density at radius 3 is 2.32 bits per heavy atom. The van der Waals surface area contributed by atoms with Crippen molar-refractivity contribution in [3.63, 3.8) is 0 Å². The van der Waals surface area contributed by atoms with Crippen molar-refractivity contribution in [2.75, 3.05) is 23.5 Å². The first kappa shape index (κ1) is 22.4. The maximum Gasteiger partial charge on any atom is 0.340 e. The van der Waals surface area contributed by atoms with Crippen LogP contribution in [0.4, 0.5) is 5.00 Å². The molecule has 0 N–H and O–H groups in total. The van der Waals surface area contributed by atoms with Crippen LogP contribution in [0.5, 0.6) is 0 Å². The van der Waals surface area contributed by atoms with Gasteiger partial charge in [0, 0.05) is 16.8 Å². The summed E-state index contributed by atoms with van der Waals surface area (Å²) in [6.45, 7) is 2.28. The molecule has 1 aromatic heterocycles. The van der Waals surface area contributed by atoms with Crippen molar-refractivity contribution >= 4 is 40.0 Å². The fourth-order valence-electron chi connectivity index (χ4n) is 4.65. The average Bonchev–Trinajstić information content (AvgIpc) is 3.25. The molecule has 2 heterocycles. The number of nitrogens with zero attached hydrogens (tertiary/aromatic N) is 1. The number of thioether (sulfide) groups is 1. The quantitative estimate of drug-likeness (QED) is 0.497. The summed E-state index contributed by atoms with van der Waals surface area (Å²) in [4.78, 5) is 29.6. The van der Waals surface area contributed by atoms with Crippen LogP contribution < -0.4 is 4.90 Å². The molecule has 0 bridgehead atoms. The highest BCUT2D eigenvalue weighted by atomic mass is 32.2. The molecule has 1 aromatic carbocycles. The van der Waals surface area contributed by atoms with Crippen LogP contribution >= 0.6 is 23.1 Å². The van der Waals surface area contributed by atoms with Gasteiger partial charge in [-0.3, -0.25) is 9.69 Å². The van der Waals surface area contributed by atoms with E-state index in [9.17, 15) is 9.59 Å². The van der Waals surface area contributed by atoms with Gasteiger partial charge in [-0.25, -0.2) is 4.79 Å². The highest BCUT2D eigenvalue weighted by molar-refractivity contribution is 7.99. The fraction of sp³-hybridized carbons (Fsp3) is 0.520. The van der Waals surface area contributed by atoms with Gasteiger partial charge in [0.25, 0.3) is 0 Å². The average molecular weight is 458 g/mol. The minimum absolute atomic E-state index is 0.0542. The second-order valence-electron chi connectivity index (χ2n) is 8.70. The summed E-state index contributed by atoms with van der Waals surface area (Å²) in [6.07, 6.45) is 6.05. The zero-order valence-electron chi connectivity index (χ0n) is 18.3. The van der Waals surface area contributed by atoms with Gasteiger partial charge < -0.3 is 4.74 Å². The number of carbonyl (C=O) groups is 2. The summed E-state index contributed by atoms with van der Waals surface area (Å²) in [7, 11) is 1.41. The highest BCUT2D eigenvalue weighted by Gasteiger charge is 2.36. The molecule has 166 valence electrons. The zero-order chi connectivity index (χ0) is 21.8. The normalized spacial score (nSPS) is 22.1. The molecular weight excluding hydrogens is 426 g/mol. The summed E-state index contributed by atoms with van der Waals surface area (Å²) in [6, 6.07) is 12.1. The van der Waals surface area contributed by atoms with Crippen molar-refractivity contribution in [2.24, 2.45) is 11.8 Å². The van der Waals surface area contributed by atoms with Crippen LogP contribution in [0.2, 0.25) is 0 Å².